The number of pyridine rings is 2. The van der Waals surface area contributed by atoms with Crippen LogP contribution in [0.3, 0.4) is 0 Å². The van der Waals surface area contributed by atoms with Gasteiger partial charge in [0, 0.05) is 32.7 Å². The van der Waals surface area contributed by atoms with Crippen molar-refractivity contribution in [1.82, 2.24) is 19.5 Å². The molecule has 24 heavy (non-hydrogen) atoms. The van der Waals surface area contributed by atoms with Crippen molar-refractivity contribution in [1.29, 1.82) is 0 Å². The predicted octanol–water partition coefficient (Wildman–Crippen LogP) is 2.29. The Morgan fingerprint density at radius 3 is 2.46 bits per heavy atom. The fraction of sp³-hybridized carbons (Fsp3) is 0.176. The Kier molecular flexibility index (Phi) is 4.24. The molecule has 0 saturated carbocycles. The van der Waals surface area contributed by atoms with Crippen LogP contribution in [0.2, 0.25) is 0 Å². The number of hydrogen-bond acceptors (Lipinski definition) is 5. The Bertz CT molecular complexity index is 836. The molecular weight excluding hydrogens is 304 g/mol. The number of rotatable bonds is 4. The Morgan fingerprint density at radius 2 is 1.92 bits per heavy atom. The minimum atomic E-state index is -0.221. The van der Waals surface area contributed by atoms with Gasteiger partial charge in [-0.2, -0.15) is 0 Å². The second-order valence-electron chi connectivity index (χ2n) is 5.50. The number of anilines is 2. The number of carbonyl (C=O) groups is 1. The lowest BCUT2D eigenvalue weighted by Crippen LogP contribution is -2.14. The van der Waals surface area contributed by atoms with Crippen LogP contribution in [-0.4, -0.2) is 39.5 Å². The van der Waals surface area contributed by atoms with Crippen LogP contribution in [0.25, 0.3) is 5.82 Å². The molecule has 0 aliphatic heterocycles. The van der Waals surface area contributed by atoms with E-state index in [9.17, 15) is 4.79 Å². The van der Waals surface area contributed by atoms with Gasteiger partial charge in [-0.15, -0.1) is 0 Å². The lowest BCUT2D eigenvalue weighted by atomic mass is 10.2. The Morgan fingerprint density at radius 1 is 1.08 bits per heavy atom. The molecule has 0 saturated heterocycles. The van der Waals surface area contributed by atoms with Crippen LogP contribution < -0.4 is 10.2 Å². The van der Waals surface area contributed by atoms with E-state index in [0.29, 0.717) is 11.3 Å². The van der Waals surface area contributed by atoms with Gasteiger partial charge in [-0.25, -0.2) is 15.0 Å². The topological polar surface area (TPSA) is 75.9 Å². The molecule has 3 aromatic heterocycles. The summed E-state index contributed by atoms with van der Waals surface area (Å²) in [6, 6.07) is 7.19. The molecular formula is C17H18N6O. The summed E-state index contributed by atoms with van der Waals surface area (Å²) >= 11 is 0. The zero-order chi connectivity index (χ0) is 17.1. The number of aryl methyl sites for hydroxylation is 1. The number of aromatic nitrogens is 4. The van der Waals surface area contributed by atoms with Gasteiger partial charge in [0.15, 0.2) is 0 Å². The first kappa shape index (κ1) is 15.7. The molecule has 1 N–H and O–H groups in total. The maximum atomic E-state index is 12.3. The van der Waals surface area contributed by atoms with Crippen LogP contribution >= 0.6 is 0 Å². The maximum Gasteiger partial charge on any atom is 0.257 e. The highest BCUT2D eigenvalue weighted by Crippen LogP contribution is 2.13. The number of nitrogens with one attached hydrogen (secondary N) is 1. The molecule has 0 radical (unpaired) electrons. The lowest BCUT2D eigenvalue weighted by Gasteiger charge is -2.11. The first-order valence-corrected chi connectivity index (χ1v) is 7.46. The zero-order valence-corrected chi connectivity index (χ0v) is 13.8. The van der Waals surface area contributed by atoms with E-state index in [2.05, 4.69) is 20.3 Å². The highest BCUT2D eigenvalue weighted by atomic mass is 16.1. The van der Waals surface area contributed by atoms with Gasteiger partial charge in [0.2, 0.25) is 0 Å². The third-order valence-corrected chi connectivity index (χ3v) is 3.55. The molecule has 0 unspecified atom stereocenters. The Hall–Kier alpha value is -3.22. The fourth-order valence-corrected chi connectivity index (χ4v) is 2.21. The summed E-state index contributed by atoms with van der Waals surface area (Å²) in [6.45, 7) is 1.90. The van der Waals surface area contributed by atoms with Crippen molar-refractivity contribution in [3.8, 4) is 5.82 Å². The standard InChI is InChI=1S/C17H18N6O/c1-12-18-8-9-23(12)16-7-5-14(11-20-16)21-17(24)13-4-6-15(19-10-13)22(2)3/h4-11H,1-3H3,(H,21,24). The van der Waals surface area contributed by atoms with E-state index in [-0.39, 0.29) is 5.91 Å². The van der Waals surface area contributed by atoms with Crippen LogP contribution in [0, 0.1) is 6.92 Å². The lowest BCUT2D eigenvalue weighted by molar-refractivity contribution is 0.102. The van der Waals surface area contributed by atoms with Crippen molar-refractivity contribution in [2.75, 3.05) is 24.3 Å². The average Bonchev–Trinajstić information content (AvgIpc) is 3.01. The maximum absolute atomic E-state index is 12.3. The van der Waals surface area contributed by atoms with Gasteiger partial charge < -0.3 is 10.2 Å². The van der Waals surface area contributed by atoms with Gasteiger partial charge in [0.1, 0.15) is 17.5 Å². The SMILES string of the molecule is Cc1nccn1-c1ccc(NC(=O)c2ccc(N(C)C)nc2)cn1. The summed E-state index contributed by atoms with van der Waals surface area (Å²) in [6.07, 6.45) is 6.74. The second kappa shape index (κ2) is 6.49. The van der Waals surface area contributed by atoms with Crippen LogP contribution in [0.5, 0.6) is 0 Å². The van der Waals surface area contributed by atoms with E-state index >= 15 is 0 Å². The summed E-state index contributed by atoms with van der Waals surface area (Å²) in [5.41, 5.74) is 1.12. The molecule has 0 bridgehead atoms. The van der Waals surface area contributed by atoms with Crippen molar-refractivity contribution in [3.63, 3.8) is 0 Å². The van der Waals surface area contributed by atoms with E-state index in [1.807, 2.05) is 42.7 Å². The largest absolute Gasteiger partial charge is 0.363 e. The summed E-state index contributed by atoms with van der Waals surface area (Å²) in [7, 11) is 3.80. The normalized spacial score (nSPS) is 10.5. The summed E-state index contributed by atoms with van der Waals surface area (Å²) in [4.78, 5) is 26.9. The van der Waals surface area contributed by atoms with Gasteiger partial charge in [-0.3, -0.25) is 9.36 Å². The summed E-state index contributed by atoms with van der Waals surface area (Å²) < 4.78 is 1.87. The molecule has 1 amide bonds. The molecule has 0 atom stereocenters. The van der Waals surface area contributed by atoms with Crippen LogP contribution in [0.4, 0.5) is 11.5 Å². The Labute approximate surface area is 140 Å². The quantitative estimate of drug-likeness (QED) is 0.797. The molecule has 0 spiro atoms. The van der Waals surface area contributed by atoms with Crippen molar-refractivity contribution < 1.29 is 4.79 Å². The second-order valence-corrected chi connectivity index (χ2v) is 5.50. The molecule has 3 heterocycles. The van der Waals surface area contributed by atoms with Gasteiger partial charge in [-0.05, 0) is 31.2 Å². The first-order valence-electron chi connectivity index (χ1n) is 7.46. The number of imidazole rings is 1. The third kappa shape index (κ3) is 3.24. The van der Waals surface area contributed by atoms with E-state index in [0.717, 1.165) is 17.5 Å². The number of amides is 1. The van der Waals surface area contributed by atoms with E-state index in [4.69, 9.17) is 0 Å². The van der Waals surface area contributed by atoms with Crippen molar-refractivity contribution in [2.24, 2.45) is 0 Å². The highest BCUT2D eigenvalue weighted by Gasteiger charge is 2.08. The van der Waals surface area contributed by atoms with Gasteiger partial charge >= 0.3 is 0 Å². The van der Waals surface area contributed by atoms with E-state index < -0.39 is 0 Å². The van der Waals surface area contributed by atoms with Crippen LogP contribution in [0.15, 0.2) is 49.1 Å². The zero-order valence-electron chi connectivity index (χ0n) is 13.8. The average molecular weight is 322 g/mol. The highest BCUT2D eigenvalue weighted by molar-refractivity contribution is 6.04. The molecule has 0 aliphatic rings. The number of hydrogen-bond donors (Lipinski definition) is 1. The molecule has 0 aliphatic carbocycles. The minimum absolute atomic E-state index is 0.221. The summed E-state index contributed by atoms with van der Waals surface area (Å²) in [5, 5.41) is 2.81. The molecule has 0 fully saturated rings. The van der Waals surface area contributed by atoms with Crippen LogP contribution in [0.1, 0.15) is 16.2 Å². The van der Waals surface area contributed by atoms with Gasteiger partial charge in [0.25, 0.3) is 5.91 Å². The smallest absolute Gasteiger partial charge is 0.257 e. The molecule has 7 nitrogen and oxygen atoms in total. The van der Waals surface area contributed by atoms with Gasteiger partial charge in [-0.1, -0.05) is 0 Å². The van der Waals surface area contributed by atoms with E-state index in [1.165, 1.54) is 0 Å². The molecule has 122 valence electrons. The molecule has 0 aromatic carbocycles. The van der Waals surface area contributed by atoms with Crippen molar-refractivity contribution in [2.45, 2.75) is 6.92 Å². The van der Waals surface area contributed by atoms with E-state index in [1.54, 1.807) is 36.8 Å². The van der Waals surface area contributed by atoms with Gasteiger partial charge in [0.05, 0.1) is 17.4 Å². The van der Waals surface area contributed by atoms with Crippen molar-refractivity contribution in [3.05, 3.63) is 60.4 Å². The summed E-state index contributed by atoms with van der Waals surface area (Å²) in [5.74, 6) is 2.18. The number of nitrogens with zero attached hydrogens (tertiary/aromatic N) is 5. The fourth-order valence-electron chi connectivity index (χ4n) is 2.21. The van der Waals surface area contributed by atoms with Crippen molar-refractivity contribution >= 4 is 17.4 Å². The predicted molar refractivity (Wildman–Crippen MR) is 92.6 cm³/mol. The molecule has 7 heteroatoms. The van der Waals surface area contributed by atoms with Crippen LogP contribution in [-0.2, 0) is 0 Å². The Balaban J connectivity index is 1.71. The first-order chi connectivity index (χ1) is 11.5. The number of carbonyl (C=O) groups excluding carboxylic acids is 1. The molecule has 3 rings (SSSR count). The third-order valence-electron chi connectivity index (χ3n) is 3.55. The minimum Gasteiger partial charge on any atom is -0.363 e. The monoisotopic (exact) mass is 322 g/mol. The molecule has 3 aromatic rings.